The monoisotopic (exact) mass is 287 g/mol. The molecule has 0 spiro atoms. The third-order valence-electron chi connectivity index (χ3n) is 3.13. The number of halogens is 1. The fourth-order valence-electron chi connectivity index (χ4n) is 2.38. The Balaban J connectivity index is 1.92. The van der Waals surface area contributed by atoms with Crippen molar-refractivity contribution in [1.82, 2.24) is 4.98 Å². The molecule has 3 heteroatoms. The van der Waals surface area contributed by atoms with Crippen LogP contribution in [0.3, 0.4) is 0 Å². The zero-order valence-corrected chi connectivity index (χ0v) is 11.6. The number of thiazole rings is 1. The van der Waals surface area contributed by atoms with Gasteiger partial charge in [0.25, 0.3) is 0 Å². The van der Waals surface area contributed by atoms with Crippen molar-refractivity contribution in [2.24, 2.45) is 5.92 Å². The second kappa shape index (κ2) is 5.44. The Bertz CT molecular complexity index is 310. The van der Waals surface area contributed by atoms with Gasteiger partial charge >= 0.3 is 0 Å². The fraction of sp³-hybridized carbons (Fsp3) is 0.750. The van der Waals surface area contributed by atoms with Crippen LogP contribution in [0.15, 0.2) is 5.38 Å². The van der Waals surface area contributed by atoms with Crippen LogP contribution in [-0.4, -0.2) is 9.81 Å². The molecule has 1 aromatic rings. The van der Waals surface area contributed by atoms with Crippen molar-refractivity contribution in [1.29, 1.82) is 0 Å². The predicted octanol–water partition coefficient (Wildman–Crippen LogP) is 4.34. The molecule has 1 nitrogen and oxygen atoms in total. The first-order valence-corrected chi connectivity index (χ1v) is 7.58. The van der Waals surface area contributed by atoms with Crippen LogP contribution in [-0.2, 0) is 6.42 Å². The normalized spacial score (nSPS) is 27.6. The molecule has 1 heterocycles. The predicted molar refractivity (Wildman–Crippen MR) is 69.8 cm³/mol. The number of alkyl halides is 1. The van der Waals surface area contributed by atoms with Crippen molar-refractivity contribution in [2.75, 3.05) is 0 Å². The van der Waals surface area contributed by atoms with E-state index in [4.69, 9.17) is 0 Å². The number of aromatic nitrogens is 1. The largest absolute Gasteiger partial charge is 0.247 e. The highest BCUT2D eigenvalue weighted by molar-refractivity contribution is 9.09. The zero-order chi connectivity index (χ0) is 10.7. The fourth-order valence-corrected chi connectivity index (χ4v) is 3.86. The van der Waals surface area contributed by atoms with E-state index in [9.17, 15) is 0 Å². The third-order valence-corrected chi connectivity index (χ3v) is 4.79. The Kier molecular flexibility index (Phi) is 4.21. The Hall–Kier alpha value is 0.110. The van der Waals surface area contributed by atoms with Crippen LogP contribution in [0.4, 0.5) is 0 Å². The van der Waals surface area contributed by atoms with Crippen molar-refractivity contribution in [3.8, 4) is 0 Å². The Morgan fingerprint density at radius 1 is 1.47 bits per heavy atom. The van der Waals surface area contributed by atoms with Gasteiger partial charge in [-0.1, -0.05) is 35.2 Å². The molecule has 0 saturated heterocycles. The van der Waals surface area contributed by atoms with Crippen molar-refractivity contribution in [3.63, 3.8) is 0 Å². The lowest BCUT2D eigenvalue weighted by Gasteiger charge is -2.14. The Morgan fingerprint density at radius 3 is 3.00 bits per heavy atom. The standard InChI is InChI=1S/C12H18BrNS/c1-9-14-12(8-15-9)7-10-4-2-3-5-11(13)6-10/h8,10-11H,2-7H2,1H3. The topological polar surface area (TPSA) is 12.9 Å². The molecule has 1 aromatic heterocycles. The Morgan fingerprint density at radius 2 is 2.27 bits per heavy atom. The summed E-state index contributed by atoms with van der Waals surface area (Å²) in [7, 11) is 0. The van der Waals surface area contributed by atoms with Crippen LogP contribution in [0.2, 0.25) is 0 Å². The second-order valence-corrected chi connectivity index (χ2v) is 6.90. The molecule has 0 aliphatic heterocycles. The van der Waals surface area contributed by atoms with E-state index in [1.54, 1.807) is 11.3 Å². The lowest BCUT2D eigenvalue weighted by Crippen LogP contribution is -2.08. The van der Waals surface area contributed by atoms with E-state index in [0.29, 0.717) is 0 Å². The molecule has 0 bridgehead atoms. The van der Waals surface area contributed by atoms with E-state index in [2.05, 4.69) is 33.2 Å². The number of rotatable bonds is 2. The molecular formula is C12H18BrNS. The van der Waals surface area contributed by atoms with Gasteiger partial charge in [0.05, 0.1) is 10.7 Å². The second-order valence-electron chi connectivity index (χ2n) is 4.55. The quantitative estimate of drug-likeness (QED) is 0.583. The van der Waals surface area contributed by atoms with Crippen LogP contribution in [0.1, 0.15) is 42.8 Å². The highest BCUT2D eigenvalue weighted by Crippen LogP contribution is 2.30. The van der Waals surface area contributed by atoms with Crippen molar-refractivity contribution in [3.05, 3.63) is 16.1 Å². The van der Waals surface area contributed by atoms with E-state index in [0.717, 1.165) is 10.7 Å². The summed E-state index contributed by atoms with van der Waals surface area (Å²) < 4.78 is 0. The molecule has 1 fully saturated rings. The maximum Gasteiger partial charge on any atom is 0.0897 e. The first kappa shape index (κ1) is 11.6. The SMILES string of the molecule is Cc1nc(CC2CCCCC(Br)C2)cs1. The van der Waals surface area contributed by atoms with Gasteiger partial charge < -0.3 is 0 Å². The van der Waals surface area contributed by atoms with E-state index >= 15 is 0 Å². The van der Waals surface area contributed by atoms with Gasteiger partial charge in [-0.3, -0.25) is 0 Å². The number of nitrogens with zero attached hydrogens (tertiary/aromatic N) is 1. The molecule has 1 aliphatic rings. The van der Waals surface area contributed by atoms with Crippen LogP contribution >= 0.6 is 27.3 Å². The summed E-state index contributed by atoms with van der Waals surface area (Å²) in [5.41, 5.74) is 1.31. The van der Waals surface area contributed by atoms with E-state index in [-0.39, 0.29) is 0 Å². The summed E-state index contributed by atoms with van der Waals surface area (Å²) in [6.45, 7) is 2.09. The molecular weight excluding hydrogens is 270 g/mol. The maximum atomic E-state index is 4.56. The van der Waals surface area contributed by atoms with Gasteiger partial charge in [-0.2, -0.15) is 0 Å². The van der Waals surface area contributed by atoms with Gasteiger partial charge in [-0.25, -0.2) is 4.98 Å². The van der Waals surface area contributed by atoms with Gasteiger partial charge in [-0.05, 0) is 32.1 Å². The summed E-state index contributed by atoms with van der Waals surface area (Å²) in [6.07, 6.45) is 8.05. The maximum absolute atomic E-state index is 4.56. The lowest BCUT2D eigenvalue weighted by atomic mass is 9.95. The molecule has 0 N–H and O–H groups in total. The van der Waals surface area contributed by atoms with Crippen LogP contribution in [0.5, 0.6) is 0 Å². The molecule has 15 heavy (non-hydrogen) atoms. The van der Waals surface area contributed by atoms with Gasteiger partial charge in [0, 0.05) is 10.2 Å². The Labute approximate surface area is 104 Å². The smallest absolute Gasteiger partial charge is 0.0897 e. The van der Waals surface area contributed by atoms with Gasteiger partial charge in [0.15, 0.2) is 0 Å². The average Bonchev–Trinajstić information content (AvgIpc) is 2.46. The van der Waals surface area contributed by atoms with Gasteiger partial charge in [0.1, 0.15) is 0 Å². The van der Waals surface area contributed by atoms with Crippen molar-refractivity contribution in [2.45, 2.75) is 50.3 Å². The summed E-state index contributed by atoms with van der Waals surface area (Å²) >= 11 is 5.56. The molecule has 2 atom stereocenters. The highest BCUT2D eigenvalue weighted by atomic mass is 79.9. The molecule has 1 saturated carbocycles. The lowest BCUT2D eigenvalue weighted by molar-refractivity contribution is 0.459. The highest BCUT2D eigenvalue weighted by Gasteiger charge is 2.19. The molecule has 84 valence electrons. The zero-order valence-electron chi connectivity index (χ0n) is 9.21. The molecule has 0 amide bonds. The van der Waals surface area contributed by atoms with Crippen LogP contribution in [0, 0.1) is 12.8 Å². The summed E-state index contributed by atoms with van der Waals surface area (Å²) in [5, 5.41) is 3.43. The van der Waals surface area contributed by atoms with Crippen molar-refractivity contribution < 1.29 is 0 Å². The number of hydrogen-bond acceptors (Lipinski definition) is 2. The molecule has 2 unspecified atom stereocenters. The third kappa shape index (κ3) is 3.56. The molecule has 1 aliphatic carbocycles. The van der Waals surface area contributed by atoms with E-state index in [1.165, 1.54) is 49.2 Å². The van der Waals surface area contributed by atoms with E-state index in [1.807, 2.05) is 0 Å². The molecule has 0 radical (unpaired) electrons. The minimum Gasteiger partial charge on any atom is -0.247 e. The van der Waals surface area contributed by atoms with E-state index < -0.39 is 0 Å². The van der Waals surface area contributed by atoms with Gasteiger partial charge in [0.2, 0.25) is 0 Å². The number of hydrogen-bond donors (Lipinski definition) is 0. The minimum atomic E-state index is 0.740. The summed E-state index contributed by atoms with van der Waals surface area (Å²) in [5.74, 6) is 0.846. The molecule has 2 rings (SSSR count). The van der Waals surface area contributed by atoms with Crippen LogP contribution < -0.4 is 0 Å². The molecule has 0 aromatic carbocycles. The number of aryl methyl sites for hydroxylation is 1. The van der Waals surface area contributed by atoms with Crippen LogP contribution in [0.25, 0.3) is 0 Å². The summed E-state index contributed by atoms with van der Waals surface area (Å²) in [6, 6.07) is 0. The van der Waals surface area contributed by atoms with Crippen molar-refractivity contribution >= 4 is 27.3 Å². The first-order valence-electron chi connectivity index (χ1n) is 5.79. The first-order chi connectivity index (χ1) is 7.24. The summed E-state index contributed by atoms with van der Waals surface area (Å²) in [4.78, 5) is 5.30. The minimum absolute atomic E-state index is 0.740. The van der Waals surface area contributed by atoms with Gasteiger partial charge in [-0.15, -0.1) is 11.3 Å². The average molecular weight is 288 g/mol.